The normalized spacial score (nSPS) is 26.1. The van der Waals surface area contributed by atoms with Crippen LogP contribution >= 0.6 is 0 Å². The second-order valence-electron chi connectivity index (χ2n) is 2.74. The molecule has 1 heterocycles. The summed E-state index contributed by atoms with van der Waals surface area (Å²) in [5.41, 5.74) is 0. The summed E-state index contributed by atoms with van der Waals surface area (Å²) < 4.78 is 70.9. The second-order valence-corrected chi connectivity index (χ2v) is 3.58. The van der Waals surface area contributed by atoms with Crippen LogP contribution in [0.5, 0.6) is 0 Å². The first kappa shape index (κ1) is 13.3. The maximum atomic E-state index is 12.3. The molecule has 1 saturated heterocycles. The third-order valence-electron chi connectivity index (χ3n) is 1.50. The molecule has 0 radical (unpaired) electrons. The van der Waals surface area contributed by atoms with E-state index in [0.717, 1.165) is 0 Å². The summed E-state index contributed by atoms with van der Waals surface area (Å²) in [5.74, 6) is -5.75. The van der Waals surface area contributed by atoms with Crippen molar-refractivity contribution >= 4 is 17.3 Å². The number of rotatable bonds is 4. The molecular weight excluding hydrogens is 260 g/mol. The molecule has 0 N–H and O–H groups in total. The monoisotopic (exact) mass is 266 g/mol. The van der Waals surface area contributed by atoms with Crippen molar-refractivity contribution in [2.45, 2.75) is 18.5 Å². The quantitative estimate of drug-likeness (QED) is 0.545. The fraction of sp³-hybridized carbons (Fsp3) is 0.833. The van der Waals surface area contributed by atoms with E-state index in [1.165, 1.54) is 0 Å². The first-order valence-corrected chi connectivity index (χ1v) is 4.87. The minimum Gasteiger partial charge on any atom is -0.457 e. The molecule has 10 heteroatoms. The molecule has 0 amide bonds. The average Bonchev–Trinajstić information content (AvgIpc) is 2.61. The lowest BCUT2D eigenvalue weighted by Gasteiger charge is -2.15. The van der Waals surface area contributed by atoms with Crippen LogP contribution in [0.1, 0.15) is 0 Å². The molecule has 2 unspecified atom stereocenters. The van der Waals surface area contributed by atoms with E-state index in [1.807, 2.05) is 0 Å². The Kier molecular flexibility index (Phi) is 4.21. The zero-order chi connectivity index (χ0) is 12.3. The minimum absolute atomic E-state index is 0.439. The highest BCUT2D eigenvalue weighted by Gasteiger charge is 2.43. The van der Waals surface area contributed by atoms with Gasteiger partial charge in [-0.1, -0.05) is 0 Å². The van der Waals surface area contributed by atoms with E-state index in [-0.39, 0.29) is 0 Å². The molecule has 0 aromatic heterocycles. The Balaban J connectivity index is 2.38. The Morgan fingerprint density at radius 3 is 2.62 bits per heavy atom. The summed E-state index contributed by atoms with van der Waals surface area (Å²) in [6.45, 7) is -2.21. The van der Waals surface area contributed by atoms with E-state index >= 15 is 0 Å². The number of carbonyl (C=O) groups excluding carboxylic acids is 1. The van der Waals surface area contributed by atoms with Gasteiger partial charge in [-0.15, -0.1) is 0 Å². The Hall–Kier alpha value is -0.740. The molecule has 5 nitrogen and oxygen atoms in total. The van der Waals surface area contributed by atoms with Crippen molar-refractivity contribution in [3.05, 3.63) is 0 Å². The number of hydrogen-bond acceptors (Lipinski definition) is 5. The zero-order valence-electron chi connectivity index (χ0n) is 7.53. The molecule has 1 aliphatic heterocycles. The molecule has 1 aliphatic rings. The van der Waals surface area contributed by atoms with Gasteiger partial charge < -0.3 is 4.74 Å². The lowest BCUT2D eigenvalue weighted by molar-refractivity contribution is -0.184. The van der Waals surface area contributed by atoms with Gasteiger partial charge in [0.2, 0.25) is 0 Å². The number of esters is 1. The van der Waals surface area contributed by atoms with E-state index in [2.05, 4.69) is 13.1 Å². The van der Waals surface area contributed by atoms with Gasteiger partial charge in [-0.2, -0.15) is 13.0 Å². The molecule has 0 aromatic rings. The van der Waals surface area contributed by atoms with E-state index < -0.39 is 49.0 Å². The summed E-state index contributed by atoms with van der Waals surface area (Å²) in [6.07, 6.45) is -5.37. The average molecular weight is 266 g/mol. The van der Waals surface area contributed by atoms with Crippen molar-refractivity contribution in [3.63, 3.8) is 0 Å². The van der Waals surface area contributed by atoms with Gasteiger partial charge in [-0.05, 0) is 0 Å². The molecule has 0 bridgehead atoms. The van der Waals surface area contributed by atoms with Gasteiger partial charge in [0.05, 0.1) is 0 Å². The Labute approximate surface area is 89.5 Å². The van der Waals surface area contributed by atoms with Crippen molar-refractivity contribution in [1.29, 1.82) is 0 Å². The second kappa shape index (κ2) is 5.06. The first-order chi connectivity index (χ1) is 7.33. The molecule has 1 fully saturated rings. The Morgan fingerprint density at radius 1 is 1.56 bits per heavy atom. The van der Waals surface area contributed by atoms with E-state index in [4.69, 9.17) is 0 Å². The van der Waals surface area contributed by atoms with Crippen LogP contribution in [0.25, 0.3) is 0 Å². The van der Waals surface area contributed by atoms with Gasteiger partial charge in [0, 0.05) is 0 Å². The van der Waals surface area contributed by atoms with Crippen LogP contribution in [0.15, 0.2) is 0 Å². The zero-order valence-corrected chi connectivity index (χ0v) is 8.35. The topological polar surface area (TPSA) is 61.8 Å². The van der Waals surface area contributed by atoms with Gasteiger partial charge >= 0.3 is 29.7 Å². The van der Waals surface area contributed by atoms with Crippen molar-refractivity contribution in [2.24, 2.45) is 0 Å². The summed E-state index contributed by atoms with van der Waals surface area (Å²) >= 11 is -2.14. The van der Waals surface area contributed by atoms with Crippen molar-refractivity contribution in [3.8, 4) is 0 Å². The summed E-state index contributed by atoms with van der Waals surface area (Å²) in [5, 5.41) is 0. The van der Waals surface area contributed by atoms with E-state index in [9.17, 15) is 26.6 Å². The van der Waals surface area contributed by atoms with Crippen molar-refractivity contribution in [2.75, 3.05) is 13.2 Å². The number of hydrogen-bond donors (Lipinski definition) is 0. The minimum atomic E-state index is -4.42. The Morgan fingerprint density at radius 2 is 2.19 bits per heavy atom. The third-order valence-corrected chi connectivity index (χ3v) is 2.22. The molecule has 0 saturated carbocycles. The van der Waals surface area contributed by atoms with E-state index in [0.29, 0.717) is 0 Å². The highest BCUT2D eigenvalue weighted by molar-refractivity contribution is 7.75. The standard InChI is InChI=1S/C6H6F4O5S/c7-5(8)6(9,10)2-13-4(11)3-1-14-16(12)15-3/h3,5H,1-2H2. The number of carbonyl (C=O) groups is 1. The van der Waals surface area contributed by atoms with Gasteiger partial charge in [0.1, 0.15) is 6.61 Å². The largest absolute Gasteiger partial charge is 0.457 e. The third kappa shape index (κ3) is 3.39. The fourth-order valence-corrected chi connectivity index (χ4v) is 1.31. The molecule has 0 aliphatic carbocycles. The molecule has 0 aromatic carbocycles. The molecule has 16 heavy (non-hydrogen) atoms. The summed E-state index contributed by atoms with van der Waals surface area (Å²) in [4.78, 5) is 10.9. The van der Waals surface area contributed by atoms with Gasteiger partial charge in [-0.3, -0.25) is 8.37 Å². The maximum absolute atomic E-state index is 12.3. The van der Waals surface area contributed by atoms with Gasteiger partial charge in [0.25, 0.3) is 0 Å². The van der Waals surface area contributed by atoms with Gasteiger partial charge in [-0.25, -0.2) is 13.6 Å². The van der Waals surface area contributed by atoms with Crippen LogP contribution in [0.4, 0.5) is 17.6 Å². The Bertz CT molecular complexity index is 297. The molecule has 0 spiro atoms. The molecular formula is C6H6F4O5S. The summed E-state index contributed by atoms with van der Waals surface area (Å²) in [6, 6.07) is 0. The number of halogens is 4. The van der Waals surface area contributed by atoms with Crippen molar-refractivity contribution < 1.29 is 39.7 Å². The van der Waals surface area contributed by atoms with Crippen LogP contribution in [-0.2, 0) is 29.3 Å². The first-order valence-electron chi connectivity index (χ1n) is 3.87. The van der Waals surface area contributed by atoms with Crippen LogP contribution in [-0.4, -0.2) is 41.8 Å². The molecule has 2 atom stereocenters. The molecule has 94 valence electrons. The highest BCUT2D eigenvalue weighted by Crippen LogP contribution is 2.23. The predicted octanol–water partition coefficient (Wildman–Crippen LogP) is 0.424. The van der Waals surface area contributed by atoms with E-state index in [1.54, 1.807) is 0 Å². The lowest BCUT2D eigenvalue weighted by Crippen LogP contribution is -2.36. The van der Waals surface area contributed by atoms with Crippen LogP contribution < -0.4 is 0 Å². The van der Waals surface area contributed by atoms with Gasteiger partial charge in [0.15, 0.2) is 12.7 Å². The SMILES string of the molecule is O=C(OCC(F)(F)C(F)F)C1COS(=O)O1. The number of alkyl halides is 4. The van der Waals surface area contributed by atoms with Crippen LogP contribution in [0, 0.1) is 0 Å². The lowest BCUT2D eigenvalue weighted by atomic mass is 10.3. The summed E-state index contributed by atoms with van der Waals surface area (Å²) in [7, 11) is 0. The van der Waals surface area contributed by atoms with Crippen LogP contribution in [0.2, 0.25) is 0 Å². The molecule has 1 rings (SSSR count). The van der Waals surface area contributed by atoms with Crippen LogP contribution in [0.3, 0.4) is 0 Å². The van der Waals surface area contributed by atoms with Crippen molar-refractivity contribution in [1.82, 2.24) is 0 Å². The number of ether oxygens (including phenoxy) is 1. The highest BCUT2D eigenvalue weighted by atomic mass is 32.2. The fourth-order valence-electron chi connectivity index (χ4n) is 0.698. The maximum Gasteiger partial charge on any atom is 0.340 e. The smallest absolute Gasteiger partial charge is 0.340 e. The predicted molar refractivity (Wildman–Crippen MR) is 40.9 cm³/mol.